The third kappa shape index (κ3) is 6.54. The van der Waals surface area contributed by atoms with Crippen molar-refractivity contribution >= 4 is 17.3 Å². The number of hydrogen-bond acceptors (Lipinski definition) is 5. The summed E-state index contributed by atoms with van der Waals surface area (Å²) in [7, 11) is 0. The predicted octanol–water partition coefficient (Wildman–Crippen LogP) is 3.49. The van der Waals surface area contributed by atoms with Crippen molar-refractivity contribution in [3.05, 3.63) is 70.5 Å². The third-order valence-electron chi connectivity index (χ3n) is 4.69. The summed E-state index contributed by atoms with van der Waals surface area (Å²) in [5, 5.41) is 15.2. The van der Waals surface area contributed by atoms with Crippen LogP contribution in [0.4, 0.5) is 4.39 Å². The molecule has 30 heavy (non-hydrogen) atoms. The summed E-state index contributed by atoms with van der Waals surface area (Å²) in [6, 6.07) is 13.8. The molecular formula is C23H24ClFN2O3. The summed E-state index contributed by atoms with van der Waals surface area (Å²) in [6.07, 6.45) is 4.88. The molecule has 0 aromatic heterocycles. The van der Waals surface area contributed by atoms with Crippen molar-refractivity contribution < 1.29 is 19.1 Å². The number of terminal acetylenes is 1. The van der Waals surface area contributed by atoms with Crippen molar-refractivity contribution in [3.8, 4) is 12.3 Å². The van der Waals surface area contributed by atoms with E-state index in [0.717, 1.165) is 16.8 Å². The highest BCUT2D eigenvalue weighted by atomic mass is 35.5. The summed E-state index contributed by atoms with van der Waals surface area (Å²) in [5.74, 6) is 2.09. The van der Waals surface area contributed by atoms with Crippen LogP contribution in [0.25, 0.3) is 0 Å². The first kappa shape index (κ1) is 22.3. The first-order valence-electron chi connectivity index (χ1n) is 9.69. The van der Waals surface area contributed by atoms with Gasteiger partial charge in [0.05, 0.1) is 18.4 Å². The van der Waals surface area contributed by atoms with E-state index in [1.165, 1.54) is 12.1 Å². The Morgan fingerprint density at radius 3 is 2.80 bits per heavy atom. The molecule has 1 heterocycles. The lowest BCUT2D eigenvalue weighted by Gasteiger charge is -2.27. The molecule has 2 aromatic rings. The minimum absolute atomic E-state index is 0.145. The number of hydrogen-bond donors (Lipinski definition) is 1. The maximum absolute atomic E-state index is 13.2. The molecule has 7 heteroatoms. The molecule has 0 spiro atoms. The van der Waals surface area contributed by atoms with Crippen molar-refractivity contribution in [1.29, 1.82) is 0 Å². The first-order chi connectivity index (χ1) is 14.5. The molecule has 2 atom stereocenters. The quantitative estimate of drug-likeness (QED) is 0.463. The number of rotatable bonds is 10. The molecule has 158 valence electrons. The minimum atomic E-state index is -0.709. The van der Waals surface area contributed by atoms with Gasteiger partial charge in [-0.3, -0.25) is 4.90 Å². The molecule has 1 aliphatic heterocycles. The van der Waals surface area contributed by atoms with Crippen LogP contribution in [0.15, 0.2) is 53.7 Å². The fourth-order valence-corrected chi connectivity index (χ4v) is 3.50. The minimum Gasteiger partial charge on any atom is -0.390 e. The Morgan fingerprint density at radius 1 is 1.30 bits per heavy atom. The van der Waals surface area contributed by atoms with E-state index in [4.69, 9.17) is 27.6 Å². The maximum atomic E-state index is 13.2. The molecule has 1 aliphatic rings. The number of benzene rings is 2. The molecule has 0 saturated heterocycles. The molecule has 5 nitrogen and oxygen atoms in total. The smallest absolute Gasteiger partial charge is 0.145 e. The molecule has 0 radical (unpaired) electrons. The molecule has 2 aromatic carbocycles. The summed E-state index contributed by atoms with van der Waals surface area (Å²) >= 11 is 6.32. The molecule has 0 amide bonds. The van der Waals surface area contributed by atoms with Gasteiger partial charge in [0.2, 0.25) is 0 Å². The number of ether oxygens (including phenoxy) is 1. The van der Waals surface area contributed by atoms with Gasteiger partial charge < -0.3 is 14.7 Å². The fraction of sp³-hybridized carbons (Fsp3) is 0.348. The van der Waals surface area contributed by atoms with Crippen molar-refractivity contribution in [1.82, 2.24) is 4.90 Å². The maximum Gasteiger partial charge on any atom is 0.145 e. The zero-order valence-electron chi connectivity index (χ0n) is 16.5. The van der Waals surface area contributed by atoms with Gasteiger partial charge >= 0.3 is 0 Å². The first-order valence-corrected chi connectivity index (χ1v) is 10.1. The second kappa shape index (κ2) is 11.1. The van der Waals surface area contributed by atoms with Crippen LogP contribution in [0.5, 0.6) is 0 Å². The Bertz CT molecular complexity index is 898. The van der Waals surface area contributed by atoms with E-state index < -0.39 is 6.10 Å². The van der Waals surface area contributed by atoms with E-state index in [1.54, 1.807) is 12.1 Å². The molecule has 3 rings (SSSR count). The van der Waals surface area contributed by atoms with Gasteiger partial charge in [0.25, 0.3) is 0 Å². The van der Waals surface area contributed by atoms with E-state index in [9.17, 15) is 9.50 Å². The zero-order chi connectivity index (χ0) is 21.3. The van der Waals surface area contributed by atoms with Gasteiger partial charge in [-0.25, -0.2) is 4.39 Å². The lowest BCUT2D eigenvalue weighted by Crippen LogP contribution is -2.39. The van der Waals surface area contributed by atoms with E-state index in [0.29, 0.717) is 31.1 Å². The van der Waals surface area contributed by atoms with Crippen LogP contribution >= 0.6 is 11.6 Å². The molecule has 2 unspecified atom stereocenters. The van der Waals surface area contributed by atoms with Gasteiger partial charge in [0.1, 0.15) is 18.5 Å². The topological polar surface area (TPSA) is 54.3 Å². The molecule has 0 aliphatic carbocycles. The van der Waals surface area contributed by atoms with Gasteiger partial charge in [-0.1, -0.05) is 53.0 Å². The highest BCUT2D eigenvalue weighted by Crippen LogP contribution is 2.21. The van der Waals surface area contributed by atoms with Crippen LogP contribution in [0.3, 0.4) is 0 Å². The lowest BCUT2D eigenvalue weighted by atomic mass is 10.0. The number of aliphatic hydroxyl groups is 1. The SMILES string of the molecule is C#CCOCC(O)CN(Cc1ccccc1Cl)CC1CC(c2ccc(F)cc2)=NO1. The second-order valence-electron chi connectivity index (χ2n) is 7.13. The summed E-state index contributed by atoms with van der Waals surface area (Å²) in [6.45, 7) is 1.74. The van der Waals surface area contributed by atoms with Gasteiger partial charge in [0.15, 0.2) is 0 Å². The van der Waals surface area contributed by atoms with E-state index in [-0.39, 0.29) is 25.1 Å². The fourth-order valence-electron chi connectivity index (χ4n) is 3.30. The van der Waals surface area contributed by atoms with Crippen LogP contribution in [0.2, 0.25) is 5.02 Å². The second-order valence-corrected chi connectivity index (χ2v) is 7.54. The van der Waals surface area contributed by atoms with Crippen LogP contribution in [0, 0.1) is 18.2 Å². The monoisotopic (exact) mass is 430 g/mol. The number of nitrogens with zero attached hydrogens (tertiary/aromatic N) is 2. The summed E-state index contributed by atoms with van der Waals surface area (Å²) in [4.78, 5) is 7.66. The Morgan fingerprint density at radius 2 is 2.07 bits per heavy atom. The number of aliphatic hydroxyl groups excluding tert-OH is 1. The average molecular weight is 431 g/mol. The summed E-state index contributed by atoms with van der Waals surface area (Å²) < 4.78 is 18.4. The zero-order valence-corrected chi connectivity index (χ0v) is 17.3. The van der Waals surface area contributed by atoms with E-state index in [2.05, 4.69) is 16.0 Å². The molecular weight excluding hydrogens is 407 g/mol. The van der Waals surface area contributed by atoms with E-state index >= 15 is 0 Å². The van der Waals surface area contributed by atoms with Gasteiger partial charge in [-0.15, -0.1) is 6.42 Å². The summed E-state index contributed by atoms with van der Waals surface area (Å²) in [5.41, 5.74) is 2.56. The number of oxime groups is 1. The molecule has 0 saturated carbocycles. The van der Waals surface area contributed by atoms with Gasteiger partial charge in [0, 0.05) is 31.1 Å². The van der Waals surface area contributed by atoms with Crippen LogP contribution in [-0.4, -0.2) is 54.2 Å². The Labute approximate surface area is 181 Å². The normalized spacial score (nSPS) is 16.8. The van der Waals surface area contributed by atoms with Crippen molar-refractivity contribution in [2.24, 2.45) is 5.16 Å². The van der Waals surface area contributed by atoms with Gasteiger partial charge in [-0.2, -0.15) is 0 Å². The molecule has 0 fully saturated rings. The van der Waals surface area contributed by atoms with Gasteiger partial charge in [-0.05, 0) is 29.3 Å². The van der Waals surface area contributed by atoms with Crippen molar-refractivity contribution in [2.45, 2.75) is 25.2 Å². The Balaban J connectivity index is 1.62. The van der Waals surface area contributed by atoms with Crippen LogP contribution in [-0.2, 0) is 16.1 Å². The highest BCUT2D eigenvalue weighted by Gasteiger charge is 2.26. The average Bonchev–Trinajstić information content (AvgIpc) is 3.19. The van der Waals surface area contributed by atoms with Crippen molar-refractivity contribution in [2.75, 3.05) is 26.3 Å². The predicted molar refractivity (Wildman–Crippen MR) is 115 cm³/mol. The largest absolute Gasteiger partial charge is 0.390 e. The Hall–Kier alpha value is -2.43. The standard InChI is InChI=1S/C23H24ClFN2O3/c1-2-11-29-16-20(28)14-27(13-18-5-3-4-6-22(18)24)15-21-12-23(26-30-21)17-7-9-19(25)10-8-17/h1,3-10,20-21,28H,11-16H2. The van der Waals surface area contributed by atoms with E-state index in [1.807, 2.05) is 24.3 Å². The number of halogens is 2. The third-order valence-corrected chi connectivity index (χ3v) is 5.06. The van der Waals surface area contributed by atoms with Crippen LogP contribution < -0.4 is 0 Å². The highest BCUT2D eigenvalue weighted by molar-refractivity contribution is 6.31. The van der Waals surface area contributed by atoms with Crippen molar-refractivity contribution in [3.63, 3.8) is 0 Å². The lowest BCUT2D eigenvalue weighted by molar-refractivity contribution is 0.00419. The molecule has 0 bridgehead atoms. The molecule has 1 N–H and O–H groups in total. The van der Waals surface area contributed by atoms with Crippen LogP contribution in [0.1, 0.15) is 17.5 Å². The Kier molecular flexibility index (Phi) is 8.23.